The average molecular weight is 450 g/mol. The Labute approximate surface area is 192 Å². The quantitative estimate of drug-likeness (QED) is 0.580. The van der Waals surface area contributed by atoms with Gasteiger partial charge in [0.25, 0.3) is 0 Å². The van der Waals surface area contributed by atoms with Gasteiger partial charge in [0.2, 0.25) is 0 Å². The number of ketones is 1. The van der Waals surface area contributed by atoms with E-state index in [0.29, 0.717) is 17.8 Å². The molecule has 1 aliphatic heterocycles. The molecule has 2 aliphatic rings. The first-order valence-electron chi connectivity index (χ1n) is 10.3. The molecule has 4 nitrogen and oxygen atoms in total. The molecular formula is C25H27N3OS2. The van der Waals surface area contributed by atoms with Crippen LogP contribution in [0.1, 0.15) is 48.6 Å². The van der Waals surface area contributed by atoms with Gasteiger partial charge in [-0.3, -0.25) is 9.69 Å². The number of nitrogens with zero attached hydrogens (tertiary/aromatic N) is 2. The molecule has 0 radical (unpaired) electrons. The molecule has 2 N–H and O–H groups in total. The lowest BCUT2D eigenvalue weighted by Gasteiger charge is -2.44. The zero-order valence-electron chi connectivity index (χ0n) is 18.6. The molecule has 1 aliphatic carbocycles. The van der Waals surface area contributed by atoms with E-state index in [2.05, 4.69) is 32.9 Å². The molecule has 6 heteroatoms. The number of carbonyl (C=O) groups excluding carboxylic acids is 1. The molecule has 0 fully saturated rings. The zero-order chi connectivity index (χ0) is 22.5. The van der Waals surface area contributed by atoms with E-state index in [-0.39, 0.29) is 11.2 Å². The van der Waals surface area contributed by atoms with E-state index in [1.54, 1.807) is 23.1 Å². The molecule has 0 amide bonds. The van der Waals surface area contributed by atoms with Crippen molar-refractivity contribution in [1.29, 1.82) is 5.26 Å². The third-order valence-electron chi connectivity index (χ3n) is 6.08. The van der Waals surface area contributed by atoms with Gasteiger partial charge in [0.1, 0.15) is 5.82 Å². The number of nitriles is 1. The predicted octanol–water partition coefficient (Wildman–Crippen LogP) is 6.03. The Bertz CT molecular complexity index is 1180. The first kappa shape index (κ1) is 21.7. The van der Waals surface area contributed by atoms with Crippen molar-refractivity contribution in [3.8, 4) is 6.07 Å². The van der Waals surface area contributed by atoms with Gasteiger partial charge in [-0.25, -0.2) is 0 Å². The zero-order valence-corrected chi connectivity index (χ0v) is 20.2. The highest BCUT2D eigenvalue weighted by molar-refractivity contribution is 8.00. The van der Waals surface area contributed by atoms with Gasteiger partial charge in [0, 0.05) is 22.6 Å². The fourth-order valence-electron chi connectivity index (χ4n) is 4.78. The van der Waals surface area contributed by atoms with Crippen molar-refractivity contribution in [2.75, 3.05) is 11.2 Å². The van der Waals surface area contributed by atoms with Crippen LogP contribution in [0, 0.1) is 30.6 Å². The van der Waals surface area contributed by atoms with E-state index in [1.165, 1.54) is 4.88 Å². The molecule has 0 saturated carbocycles. The molecule has 0 saturated heterocycles. The lowest BCUT2D eigenvalue weighted by molar-refractivity contribution is -0.118. The lowest BCUT2D eigenvalue weighted by Crippen LogP contribution is -2.42. The highest BCUT2D eigenvalue weighted by atomic mass is 32.2. The third-order valence-corrected chi connectivity index (χ3v) is 8.30. The average Bonchev–Trinajstić information content (AvgIpc) is 3.07. The van der Waals surface area contributed by atoms with Crippen molar-refractivity contribution in [3.63, 3.8) is 0 Å². The maximum absolute atomic E-state index is 13.6. The Morgan fingerprint density at radius 3 is 2.61 bits per heavy atom. The summed E-state index contributed by atoms with van der Waals surface area (Å²) in [7, 11) is 0. The van der Waals surface area contributed by atoms with Gasteiger partial charge in [-0.2, -0.15) is 5.26 Å². The molecule has 2 aromatic rings. The molecule has 2 heterocycles. The van der Waals surface area contributed by atoms with Gasteiger partial charge in [0.05, 0.1) is 27.5 Å². The largest absolute Gasteiger partial charge is 0.384 e. The van der Waals surface area contributed by atoms with E-state index in [0.717, 1.165) is 38.7 Å². The second-order valence-corrected chi connectivity index (χ2v) is 11.4. The normalized spacial score (nSPS) is 20.7. The Morgan fingerprint density at radius 2 is 1.97 bits per heavy atom. The summed E-state index contributed by atoms with van der Waals surface area (Å²) in [5, 5.41) is 10.2. The van der Waals surface area contributed by atoms with Crippen LogP contribution in [0.4, 0.5) is 5.69 Å². The molecule has 160 valence electrons. The number of hydrogen-bond donors (Lipinski definition) is 1. The summed E-state index contributed by atoms with van der Waals surface area (Å²) in [6.07, 6.45) is 3.24. The standard InChI is InChI=1S/C25H27N3OS2/c1-14-8-6-7-9-18(14)28-19-11-25(3,4)12-20(29)22(19)21(17(13-26)23(28)27)16-10-15(2)31-24(16)30-5/h6-10,21H,11-12,27H2,1-5H3/t21-/m1/s1. The van der Waals surface area contributed by atoms with Crippen LogP contribution in [0.2, 0.25) is 0 Å². The topological polar surface area (TPSA) is 70.1 Å². The highest BCUT2D eigenvalue weighted by Gasteiger charge is 2.45. The van der Waals surface area contributed by atoms with Crippen LogP contribution in [-0.2, 0) is 4.79 Å². The summed E-state index contributed by atoms with van der Waals surface area (Å²) in [5.74, 6) is 0.143. The monoisotopic (exact) mass is 449 g/mol. The number of hydrogen-bond acceptors (Lipinski definition) is 6. The highest BCUT2D eigenvalue weighted by Crippen LogP contribution is 2.52. The molecular weight excluding hydrogens is 422 g/mol. The molecule has 1 aromatic carbocycles. The second-order valence-electron chi connectivity index (χ2n) is 9.07. The molecule has 1 atom stereocenters. The number of para-hydroxylation sites is 1. The number of thioether (sulfide) groups is 1. The van der Waals surface area contributed by atoms with Gasteiger partial charge in [0.15, 0.2) is 5.78 Å². The molecule has 4 rings (SSSR count). The summed E-state index contributed by atoms with van der Waals surface area (Å²) >= 11 is 3.37. The number of Topliss-reactive ketones (excluding diaryl/α,β-unsaturated/α-hetero) is 1. The summed E-state index contributed by atoms with van der Waals surface area (Å²) in [6, 6.07) is 12.5. The molecule has 0 spiro atoms. The second kappa shape index (κ2) is 7.89. The van der Waals surface area contributed by atoms with Crippen LogP contribution < -0.4 is 10.6 Å². The van der Waals surface area contributed by atoms with Crippen molar-refractivity contribution >= 4 is 34.6 Å². The van der Waals surface area contributed by atoms with Crippen molar-refractivity contribution in [3.05, 3.63) is 69.0 Å². The predicted molar refractivity (Wildman–Crippen MR) is 129 cm³/mol. The first-order valence-corrected chi connectivity index (χ1v) is 12.4. The Balaban J connectivity index is 2.04. The van der Waals surface area contributed by atoms with E-state index in [4.69, 9.17) is 5.73 Å². The van der Waals surface area contributed by atoms with Crippen LogP contribution in [0.3, 0.4) is 0 Å². The lowest BCUT2D eigenvalue weighted by atomic mass is 9.69. The Morgan fingerprint density at radius 1 is 1.26 bits per heavy atom. The van der Waals surface area contributed by atoms with Crippen molar-refractivity contribution in [1.82, 2.24) is 0 Å². The van der Waals surface area contributed by atoms with Gasteiger partial charge in [-0.1, -0.05) is 32.0 Å². The van der Waals surface area contributed by atoms with Gasteiger partial charge < -0.3 is 5.73 Å². The number of benzene rings is 1. The Hall–Kier alpha value is -2.49. The van der Waals surface area contributed by atoms with Crippen molar-refractivity contribution in [2.45, 2.75) is 50.7 Å². The van der Waals surface area contributed by atoms with E-state index in [9.17, 15) is 10.1 Å². The number of aryl methyl sites for hydroxylation is 2. The van der Waals surface area contributed by atoms with E-state index in [1.807, 2.05) is 42.3 Å². The van der Waals surface area contributed by atoms with Crippen molar-refractivity contribution in [2.24, 2.45) is 11.1 Å². The van der Waals surface area contributed by atoms with Gasteiger partial charge >= 0.3 is 0 Å². The van der Waals surface area contributed by atoms with Crippen LogP contribution in [-0.4, -0.2) is 12.0 Å². The molecule has 31 heavy (non-hydrogen) atoms. The van der Waals surface area contributed by atoms with E-state index >= 15 is 0 Å². The minimum atomic E-state index is -0.406. The number of anilines is 1. The fraction of sp³-hybridized carbons (Fsp3) is 0.360. The van der Waals surface area contributed by atoms with Gasteiger partial charge in [-0.15, -0.1) is 23.1 Å². The van der Waals surface area contributed by atoms with Crippen molar-refractivity contribution < 1.29 is 4.79 Å². The number of nitrogens with two attached hydrogens (primary N) is 1. The smallest absolute Gasteiger partial charge is 0.162 e. The molecule has 0 bridgehead atoms. The SMILES string of the molecule is CSc1sc(C)cc1[C@@H]1C(C#N)=C(N)N(c2ccccc2C)C2=C1C(=O)CC(C)(C)C2. The summed E-state index contributed by atoms with van der Waals surface area (Å²) in [5.41, 5.74) is 11.7. The number of carbonyl (C=O) groups is 1. The van der Waals surface area contributed by atoms with E-state index < -0.39 is 5.92 Å². The number of thiophene rings is 1. The Kier molecular flexibility index (Phi) is 5.53. The summed E-state index contributed by atoms with van der Waals surface area (Å²) < 4.78 is 1.14. The first-order chi connectivity index (χ1) is 14.7. The summed E-state index contributed by atoms with van der Waals surface area (Å²) in [6.45, 7) is 8.35. The number of rotatable bonds is 3. The van der Waals surface area contributed by atoms with Gasteiger partial charge in [-0.05, 0) is 55.2 Å². The van der Waals surface area contributed by atoms with Crippen LogP contribution >= 0.6 is 23.1 Å². The summed E-state index contributed by atoms with van der Waals surface area (Å²) in [4.78, 5) is 16.7. The van der Waals surface area contributed by atoms with Crippen LogP contribution in [0.5, 0.6) is 0 Å². The number of allylic oxidation sites excluding steroid dienone is 3. The third kappa shape index (κ3) is 3.60. The fourth-order valence-corrected chi connectivity index (χ4v) is 6.70. The van der Waals surface area contributed by atoms with Crippen LogP contribution in [0.25, 0.3) is 0 Å². The minimum absolute atomic E-state index is 0.117. The maximum Gasteiger partial charge on any atom is 0.162 e. The molecule has 0 unspecified atom stereocenters. The minimum Gasteiger partial charge on any atom is -0.384 e. The molecule has 1 aromatic heterocycles. The van der Waals surface area contributed by atoms with Crippen LogP contribution in [0.15, 0.2) is 57.2 Å². The maximum atomic E-state index is 13.6.